The summed E-state index contributed by atoms with van der Waals surface area (Å²) in [5.41, 5.74) is 6.38. The van der Waals surface area contributed by atoms with Crippen LogP contribution in [0.3, 0.4) is 0 Å². The number of carbonyl (C=O) groups excluding carboxylic acids is 3. The number of nitrogens with zero attached hydrogens (tertiary/aromatic N) is 9. The lowest BCUT2D eigenvalue weighted by molar-refractivity contribution is -0.948. The number of piperidine rings is 2. The van der Waals surface area contributed by atoms with Gasteiger partial charge < -0.3 is 40.6 Å². The maximum Gasteiger partial charge on any atom is 0.310 e. The van der Waals surface area contributed by atoms with Crippen LogP contribution in [-0.4, -0.2) is 115 Å². The van der Waals surface area contributed by atoms with Crippen LogP contribution >= 0.6 is 11.6 Å². The van der Waals surface area contributed by atoms with E-state index >= 15 is 0 Å². The lowest BCUT2D eigenvalue weighted by Gasteiger charge is -2.42. The Morgan fingerprint density at radius 2 is 1.13 bits per heavy atom. The number of carbonyl (C=O) groups is 3. The third kappa shape index (κ3) is 20.2. The fourth-order valence-corrected chi connectivity index (χ4v) is 11.7. The maximum absolute atomic E-state index is 13.6. The van der Waals surface area contributed by atoms with E-state index in [2.05, 4.69) is 24.7 Å². The second-order valence-corrected chi connectivity index (χ2v) is 22.6. The van der Waals surface area contributed by atoms with Crippen molar-refractivity contribution in [2.24, 2.45) is 0 Å². The number of benzene rings is 2. The molecular formula is C64H87Cl2F2N9O10. The van der Waals surface area contributed by atoms with Crippen LogP contribution in [0.5, 0.6) is 0 Å². The van der Waals surface area contributed by atoms with Gasteiger partial charge in [-0.05, 0) is 122 Å². The van der Waals surface area contributed by atoms with Crippen LogP contribution in [0, 0.1) is 36.8 Å². The first-order chi connectivity index (χ1) is 41.5. The van der Waals surface area contributed by atoms with Gasteiger partial charge in [-0.1, -0.05) is 42.7 Å². The molecule has 476 valence electrons. The van der Waals surface area contributed by atoms with Crippen molar-refractivity contribution < 1.29 is 63.3 Å². The Morgan fingerprint density at radius 3 is 1.59 bits per heavy atom. The maximum atomic E-state index is 13.6. The topological polar surface area (TPSA) is 228 Å². The summed E-state index contributed by atoms with van der Waals surface area (Å²) >= 11 is 5.09. The SMILES string of the molecule is CC#N.CCCC(=O)OCC.CCCC(=O)OCCl.CCCC(=O)OC[N+]1(CCc2c(C)nc3n(c2=O)CCCC3)CCC(c2noc3cc(F)ccc23)CC1.Cc1nc2n(c(=O)c1CCN1CCC(c3noc4cc(F)ccc34)CC1)CCCC2.[Cl-]. The van der Waals surface area contributed by atoms with Crippen molar-refractivity contribution >= 4 is 51.4 Å². The van der Waals surface area contributed by atoms with Gasteiger partial charge in [-0.3, -0.25) is 37.6 Å². The highest BCUT2D eigenvalue weighted by Crippen LogP contribution is 2.36. The fraction of sp³-hybridized carbons (Fsp3) is 0.594. The first-order valence-corrected chi connectivity index (χ1v) is 31.2. The Bertz CT molecular complexity index is 3310. The minimum atomic E-state index is -0.341. The zero-order chi connectivity index (χ0) is 62.2. The van der Waals surface area contributed by atoms with Crippen LogP contribution in [0.15, 0.2) is 55.0 Å². The molecule has 6 aromatic rings. The molecule has 2 aromatic carbocycles. The molecule has 87 heavy (non-hydrogen) atoms. The zero-order valence-electron chi connectivity index (χ0n) is 51.7. The van der Waals surface area contributed by atoms with E-state index in [9.17, 15) is 32.8 Å². The second kappa shape index (κ2) is 36.0. The zero-order valence-corrected chi connectivity index (χ0v) is 53.3. The molecular weight excluding hydrogens is 1160 g/mol. The van der Waals surface area contributed by atoms with E-state index in [1.165, 1.54) is 31.2 Å². The molecule has 0 N–H and O–H groups in total. The second-order valence-electron chi connectivity index (χ2n) is 22.4. The molecule has 0 saturated carbocycles. The third-order valence-electron chi connectivity index (χ3n) is 16.2. The van der Waals surface area contributed by atoms with Gasteiger partial charge in [-0.25, -0.2) is 18.7 Å². The lowest BCUT2D eigenvalue weighted by Crippen LogP contribution is -3.00. The van der Waals surface area contributed by atoms with Crippen molar-refractivity contribution in [1.29, 1.82) is 5.26 Å². The Balaban J connectivity index is 0.000000245. The molecule has 0 aliphatic carbocycles. The molecule has 4 aliphatic rings. The van der Waals surface area contributed by atoms with Crippen LogP contribution in [0.4, 0.5) is 8.78 Å². The Kier molecular flexibility index (Phi) is 29.5. The highest BCUT2D eigenvalue weighted by Gasteiger charge is 2.38. The van der Waals surface area contributed by atoms with Gasteiger partial charge in [0, 0.05) is 135 Å². The van der Waals surface area contributed by atoms with Gasteiger partial charge in [0.05, 0.1) is 43.7 Å². The molecule has 4 aromatic heterocycles. The van der Waals surface area contributed by atoms with Gasteiger partial charge >= 0.3 is 17.9 Å². The Morgan fingerprint density at radius 1 is 0.678 bits per heavy atom. The van der Waals surface area contributed by atoms with Crippen molar-refractivity contribution in [3.8, 4) is 6.07 Å². The molecule has 8 heterocycles. The van der Waals surface area contributed by atoms with Crippen molar-refractivity contribution in [2.45, 2.75) is 189 Å². The van der Waals surface area contributed by atoms with E-state index in [1.807, 2.05) is 50.7 Å². The van der Waals surface area contributed by atoms with Gasteiger partial charge in [0.15, 0.2) is 17.2 Å². The number of alkyl halides is 1. The summed E-state index contributed by atoms with van der Waals surface area (Å²) in [5.74, 6) is 1.22. The molecule has 0 unspecified atom stereocenters. The molecule has 10 rings (SSSR count). The molecule has 0 amide bonds. The molecule has 0 spiro atoms. The smallest absolute Gasteiger partial charge is 0.310 e. The van der Waals surface area contributed by atoms with E-state index in [0.717, 1.165) is 192 Å². The van der Waals surface area contributed by atoms with E-state index in [0.29, 0.717) is 67.1 Å². The molecule has 2 fully saturated rings. The highest BCUT2D eigenvalue weighted by atomic mass is 35.5. The normalized spacial score (nSPS) is 17.1. The average molecular weight is 1250 g/mol. The van der Waals surface area contributed by atoms with Gasteiger partial charge in [0.2, 0.25) is 6.73 Å². The first kappa shape index (κ1) is 71.2. The largest absolute Gasteiger partial charge is 1.00 e. The molecule has 0 radical (unpaired) electrons. The van der Waals surface area contributed by atoms with Gasteiger partial charge in [0.1, 0.15) is 23.3 Å². The highest BCUT2D eigenvalue weighted by molar-refractivity contribution is 6.17. The van der Waals surface area contributed by atoms with Crippen LogP contribution in [0.1, 0.15) is 182 Å². The van der Waals surface area contributed by atoms with Gasteiger partial charge in [-0.2, -0.15) is 5.26 Å². The van der Waals surface area contributed by atoms with E-state index < -0.39 is 0 Å². The summed E-state index contributed by atoms with van der Waals surface area (Å²) in [7, 11) is 0. The number of fused-ring (bicyclic) bond motifs is 4. The summed E-state index contributed by atoms with van der Waals surface area (Å²) in [6.07, 6.45) is 14.9. The summed E-state index contributed by atoms with van der Waals surface area (Å²) in [4.78, 5) is 71.1. The van der Waals surface area contributed by atoms with Crippen molar-refractivity contribution in [3.63, 3.8) is 0 Å². The van der Waals surface area contributed by atoms with E-state index in [-0.39, 0.29) is 65.1 Å². The van der Waals surface area contributed by atoms with Crippen LogP contribution in [0.25, 0.3) is 21.9 Å². The lowest BCUT2D eigenvalue weighted by atomic mass is 9.90. The number of aryl methyl sites for hydroxylation is 4. The Labute approximate surface area is 520 Å². The summed E-state index contributed by atoms with van der Waals surface area (Å²) in [6, 6.07) is 10.9. The van der Waals surface area contributed by atoms with Gasteiger partial charge in [-0.15, -0.1) is 0 Å². The molecule has 0 bridgehead atoms. The van der Waals surface area contributed by atoms with Gasteiger partial charge in [0.25, 0.3) is 11.1 Å². The van der Waals surface area contributed by atoms with Crippen LogP contribution in [0.2, 0.25) is 0 Å². The Hall–Kier alpha value is -6.60. The average Bonchev–Trinajstić information content (AvgIpc) is 3.67. The molecule has 19 nitrogen and oxygen atoms in total. The predicted octanol–water partition coefficient (Wildman–Crippen LogP) is 8.41. The quantitative estimate of drug-likeness (QED) is 0.0340. The number of ether oxygens (including phenoxy) is 3. The molecule has 2 saturated heterocycles. The number of hydrogen-bond acceptors (Lipinski definition) is 16. The number of nitriles is 1. The minimum Gasteiger partial charge on any atom is -1.00 e. The number of quaternary nitrogens is 1. The molecule has 4 aliphatic heterocycles. The predicted molar refractivity (Wildman–Crippen MR) is 323 cm³/mol. The van der Waals surface area contributed by atoms with E-state index in [4.69, 9.17) is 40.6 Å². The number of rotatable bonds is 18. The molecule has 23 heteroatoms. The first-order valence-electron chi connectivity index (χ1n) is 30.7. The van der Waals surface area contributed by atoms with Crippen LogP contribution < -0.4 is 23.5 Å². The summed E-state index contributed by atoms with van der Waals surface area (Å²) in [6.45, 7) is 20.4. The number of esters is 3. The molecule has 0 atom stereocenters. The number of likely N-dealkylation sites (tertiary alicyclic amines) is 2. The summed E-state index contributed by atoms with van der Waals surface area (Å²) < 4.78 is 56.9. The van der Waals surface area contributed by atoms with Crippen molar-refractivity contribution in [1.82, 2.24) is 34.3 Å². The monoisotopic (exact) mass is 1250 g/mol. The standard InChI is InChI=1S/C28H36FN4O4.C23H27FN4O2.C6H12O2.C5H9ClO2.C2H3N.ClH/c1-3-6-26(34)36-18-33(16-12-22-19(2)30-25-7-4-5-13-32(25)28(22)35)14-10-20(11-15-33)27-23-9-8-21(29)17-24(23)37-31-27;1-15-18(23(29)28-10-3-2-4-21(28)25-15)9-13-27-11-7-16(8-12-27)22-19-6-5-17(24)14-20(19)30-26-22;1-3-5-6(7)8-4-2;1-2-3-5(7)8-4-6;1-2-3;/h8-9,17,20H,3-7,10-16,18H2,1-2H3;5-6,14,16H,2-4,7-13H2,1H3;3-5H2,1-2H3;2-4H2,1H3;1H3;1H/q+1;;;;;/p-1. The number of halogens is 4. The van der Waals surface area contributed by atoms with Crippen molar-refractivity contribution in [2.75, 3.05) is 58.7 Å². The van der Waals surface area contributed by atoms with Crippen molar-refractivity contribution in [3.05, 3.63) is 114 Å². The minimum absolute atomic E-state index is 0. The number of aromatic nitrogens is 6. The van der Waals surface area contributed by atoms with Crippen LogP contribution in [-0.2, 0) is 67.4 Å². The summed E-state index contributed by atoms with van der Waals surface area (Å²) in [5, 5.41) is 17.6. The van der Waals surface area contributed by atoms with E-state index in [1.54, 1.807) is 18.2 Å². The number of hydrogen-bond donors (Lipinski definition) is 0. The third-order valence-corrected chi connectivity index (χ3v) is 16.4. The fourth-order valence-electron chi connectivity index (χ4n) is 11.6.